The lowest BCUT2D eigenvalue weighted by atomic mass is 9.84. The van der Waals surface area contributed by atoms with Gasteiger partial charge in [-0.15, -0.1) is 0 Å². The van der Waals surface area contributed by atoms with Gasteiger partial charge in [0, 0.05) is 50.8 Å². The molecule has 3 aromatic rings. The van der Waals surface area contributed by atoms with Gasteiger partial charge in [0.25, 0.3) is 0 Å². The second kappa shape index (κ2) is 8.30. The lowest BCUT2D eigenvalue weighted by molar-refractivity contribution is -0.131. The summed E-state index contributed by atoms with van der Waals surface area (Å²) in [6.45, 7) is 0.538. The summed E-state index contributed by atoms with van der Waals surface area (Å²) in [5, 5.41) is 9.75. The first-order valence-corrected chi connectivity index (χ1v) is 10.4. The molecule has 4 rings (SSSR count). The van der Waals surface area contributed by atoms with Gasteiger partial charge in [0.1, 0.15) is 0 Å². The van der Waals surface area contributed by atoms with Crippen LogP contribution in [0.1, 0.15) is 36.8 Å². The number of aryl methyl sites for hydroxylation is 1. The number of carbonyl (C=O) groups excluding carboxylic acids is 2. The van der Waals surface area contributed by atoms with E-state index in [-0.39, 0.29) is 17.4 Å². The molecule has 1 N–H and O–H groups in total. The van der Waals surface area contributed by atoms with Crippen LogP contribution in [0.2, 0.25) is 0 Å². The molecule has 0 bridgehead atoms. The van der Waals surface area contributed by atoms with Gasteiger partial charge in [-0.25, -0.2) is 0 Å². The average Bonchev–Trinajstić information content (AvgIpc) is 3.31. The fourth-order valence-corrected chi connectivity index (χ4v) is 4.37. The van der Waals surface area contributed by atoms with E-state index in [1.54, 1.807) is 15.8 Å². The zero-order valence-electron chi connectivity index (χ0n) is 17.6. The summed E-state index contributed by atoms with van der Waals surface area (Å²) in [4.78, 5) is 26.5. The topological polar surface area (TPSA) is 67.2 Å². The van der Waals surface area contributed by atoms with E-state index in [0.717, 1.165) is 18.4 Å². The zero-order chi connectivity index (χ0) is 21.1. The summed E-state index contributed by atoms with van der Waals surface area (Å²) in [5.74, 6) is 0.157. The van der Waals surface area contributed by atoms with Crippen LogP contribution in [-0.4, -0.2) is 39.1 Å². The summed E-state index contributed by atoms with van der Waals surface area (Å²) in [7, 11) is 3.68. The van der Waals surface area contributed by atoms with Crippen LogP contribution in [0.4, 0.5) is 0 Å². The average molecular weight is 405 g/mol. The summed E-state index contributed by atoms with van der Waals surface area (Å²) in [6.07, 6.45) is 6.77. The number of carbonyl (C=O) groups is 2. The van der Waals surface area contributed by atoms with Gasteiger partial charge < -0.3 is 10.2 Å². The fourth-order valence-electron chi connectivity index (χ4n) is 4.37. The predicted octanol–water partition coefficient (Wildman–Crippen LogP) is 3.20. The number of aromatic nitrogens is 2. The van der Waals surface area contributed by atoms with Gasteiger partial charge in [-0.1, -0.05) is 42.5 Å². The van der Waals surface area contributed by atoms with E-state index in [2.05, 4.69) is 40.7 Å². The van der Waals surface area contributed by atoms with Gasteiger partial charge in [-0.3, -0.25) is 14.3 Å². The first-order chi connectivity index (χ1) is 14.4. The minimum Gasteiger partial charge on any atom is -0.350 e. The Morgan fingerprint density at radius 3 is 2.70 bits per heavy atom. The Morgan fingerprint density at radius 2 is 2.00 bits per heavy atom. The van der Waals surface area contributed by atoms with E-state index in [4.69, 9.17) is 0 Å². The first-order valence-electron chi connectivity index (χ1n) is 10.4. The van der Waals surface area contributed by atoms with Crippen LogP contribution >= 0.6 is 0 Å². The van der Waals surface area contributed by atoms with Gasteiger partial charge in [0.05, 0.1) is 6.20 Å². The molecule has 6 nitrogen and oxygen atoms in total. The number of benzene rings is 2. The summed E-state index contributed by atoms with van der Waals surface area (Å²) >= 11 is 0. The van der Waals surface area contributed by atoms with Crippen LogP contribution in [0.3, 0.4) is 0 Å². The van der Waals surface area contributed by atoms with Crippen molar-refractivity contribution in [1.29, 1.82) is 0 Å². The molecule has 0 aliphatic carbocycles. The van der Waals surface area contributed by atoms with E-state index in [1.165, 1.54) is 16.3 Å². The van der Waals surface area contributed by atoms with Crippen molar-refractivity contribution in [3.63, 3.8) is 0 Å². The van der Waals surface area contributed by atoms with Gasteiger partial charge in [-0.2, -0.15) is 5.10 Å². The molecule has 2 heterocycles. The Hall–Kier alpha value is -3.15. The van der Waals surface area contributed by atoms with Crippen molar-refractivity contribution in [1.82, 2.24) is 20.0 Å². The normalized spacial score (nSPS) is 18.5. The number of fused-ring (bicyclic) bond motifs is 1. The minimum absolute atomic E-state index is 0.0759. The van der Waals surface area contributed by atoms with Gasteiger partial charge in [-0.05, 0) is 35.6 Å². The van der Waals surface area contributed by atoms with Crippen LogP contribution in [0.15, 0.2) is 54.9 Å². The molecular weight excluding hydrogens is 376 g/mol. The molecule has 6 heteroatoms. The lowest BCUT2D eigenvalue weighted by Gasteiger charge is -2.30. The lowest BCUT2D eigenvalue weighted by Crippen LogP contribution is -2.44. The maximum atomic E-state index is 12.7. The number of hydrogen-bond acceptors (Lipinski definition) is 3. The molecule has 0 spiro atoms. The molecule has 1 atom stereocenters. The molecule has 30 heavy (non-hydrogen) atoms. The highest BCUT2D eigenvalue weighted by atomic mass is 16.2. The van der Waals surface area contributed by atoms with Crippen molar-refractivity contribution < 1.29 is 9.59 Å². The van der Waals surface area contributed by atoms with Gasteiger partial charge >= 0.3 is 0 Å². The van der Waals surface area contributed by atoms with Crippen molar-refractivity contribution in [2.45, 2.75) is 44.2 Å². The molecule has 2 aromatic carbocycles. The van der Waals surface area contributed by atoms with Crippen LogP contribution < -0.4 is 5.32 Å². The summed E-state index contributed by atoms with van der Waals surface area (Å²) in [6, 6.07) is 14.7. The fraction of sp³-hybridized carbons (Fsp3) is 0.375. The molecule has 1 aliphatic heterocycles. The molecule has 2 amide bonds. The summed E-state index contributed by atoms with van der Waals surface area (Å²) in [5.41, 5.74) is 1.84. The zero-order valence-corrected chi connectivity index (χ0v) is 17.6. The van der Waals surface area contributed by atoms with Crippen molar-refractivity contribution in [3.8, 4) is 0 Å². The monoisotopic (exact) mass is 404 g/mol. The maximum Gasteiger partial charge on any atom is 0.222 e. The molecule has 1 aliphatic rings. The minimum atomic E-state index is -0.357. The molecule has 0 saturated carbocycles. The van der Waals surface area contributed by atoms with E-state index in [9.17, 15) is 9.59 Å². The number of rotatable bonds is 7. The predicted molar refractivity (Wildman–Crippen MR) is 117 cm³/mol. The summed E-state index contributed by atoms with van der Waals surface area (Å²) < 4.78 is 1.74. The molecule has 0 radical (unpaired) electrons. The molecule has 1 fully saturated rings. The number of hydrogen-bond donors (Lipinski definition) is 1. The Kier molecular flexibility index (Phi) is 5.57. The molecule has 1 saturated heterocycles. The van der Waals surface area contributed by atoms with Crippen LogP contribution in [0.25, 0.3) is 10.8 Å². The highest BCUT2D eigenvalue weighted by Crippen LogP contribution is 2.31. The van der Waals surface area contributed by atoms with E-state index < -0.39 is 0 Å². The number of amides is 2. The third-order valence-electron chi connectivity index (χ3n) is 6.01. The van der Waals surface area contributed by atoms with Crippen molar-refractivity contribution in [2.75, 3.05) is 7.05 Å². The molecule has 156 valence electrons. The number of nitrogens with one attached hydrogen (secondary N) is 1. The van der Waals surface area contributed by atoms with Crippen LogP contribution in [0.5, 0.6) is 0 Å². The van der Waals surface area contributed by atoms with Crippen molar-refractivity contribution >= 4 is 22.6 Å². The first kappa shape index (κ1) is 20.1. The molecule has 1 unspecified atom stereocenters. The van der Waals surface area contributed by atoms with Crippen molar-refractivity contribution in [2.24, 2.45) is 7.05 Å². The Labute approximate surface area is 176 Å². The van der Waals surface area contributed by atoms with Crippen LogP contribution in [0, 0.1) is 0 Å². The quantitative estimate of drug-likeness (QED) is 0.658. The highest BCUT2D eigenvalue weighted by molar-refractivity contribution is 5.83. The van der Waals surface area contributed by atoms with E-state index in [1.807, 2.05) is 32.4 Å². The Balaban J connectivity index is 1.43. The standard InChI is InChI=1S/C24H28N4O2/c1-27(16-19-15-25-28(2)17-19)23(30)10-12-24(11-9-22(29)26-24)14-18-7-8-20-5-3-4-6-21(20)13-18/h3-8,13,15,17H,9-12,14,16H2,1-2H3,(H,26,29). The second-order valence-electron chi connectivity index (χ2n) is 8.46. The largest absolute Gasteiger partial charge is 0.350 e. The second-order valence-corrected chi connectivity index (χ2v) is 8.46. The maximum absolute atomic E-state index is 12.7. The van der Waals surface area contributed by atoms with Gasteiger partial charge in [0.2, 0.25) is 11.8 Å². The third kappa shape index (κ3) is 4.53. The SMILES string of the molecule is CN(Cc1cnn(C)c1)C(=O)CCC1(Cc2ccc3ccccc3c2)CCC(=O)N1. The number of nitrogens with zero attached hydrogens (tertiary/aromatic N) is 3. The molecular formula is C24H28N4O2. The van der Waals surface area contributed by atoms with E-state index in [0.29, 0.717) is 25.8 Å². The Bertz CT molecular complexity index is 1070. The smallest absolute Gasteiger partial charge is 0.222 e. The van der Waals surface area contributed by atoms with Crippen molar-refractivity contribution in [3.05, 3.63) is 66.0 Å². The van der Waals surface area contributed by atoms with Gasteiger partial charge in [0.15, 0.2) is 0 Å². The van der Waals surface area contributed by atoms with E-state index >= 15 is 0 Å². The molecule has 1 aromatic heterocycles. The highest BCUT2D eigenvalue weighted by Gasteiger charge is 2.38. The Morgan fingerprint density at radius 1 is 1.20 bits per heavy atom. The third-order valence-corrected chi connectivity index (χ3v) is 6.01. The van der Waals surface area contributed by atoms with Crippen LogP contribution in [-0.2, 0) is 29.6 Å².